The lowest BCUT2D eigenvalue weighted by atomic mass is 10.3. The molecular weight excluding hydrogens is 402 g/mol. The molecule has 152 valence electrons. The highest BCUT2D eigenvalue weighted by molar-refractivity contribution is 7.89. The molecule has 0 radical (unpaired) electrons. The Morgan fingerprint density at radius 3 is 2.31 bits per heavy atom. The average molecular weight is 420 g/mol. The number of nitrogens with zero attached hydrogens (tertiary/aromatic N) is 3. The molecule has 0 fully saturated rings. The molecule has 29 heavy (non-hydrogen) atoms. The fourth-order valence-electron chi connectivity index (χ4n) is 2.31. The second-order valence-electron chi connectivity index (χ2n) is 6.05. The Labute approximate surface area is 166 Å². The van der Waals surface area contributed by atoms with Crippen LogP contribution in [0.1, 0.15) is 5.56 Å². The zero-order valence-electron chi connectivity index (χ0n) is 15.4. The summed E-state index contributed by atoms with van der Waals surface area (Å²) in [6, 6.07) is 9.36. The van der Waals surface area contributed by atoms with Gasteiger partial charge in [0, 0.05) is 25.4 Å². The van der Waals surface area contributed by atoms with Crippen molar-refractivity contribution in [3.05, 3.63) is 65.9 Å². The summed E-state index contributed by atoms with van der Waals surface area (Å²) < 4.78 is 52.9. The summed E-state index contributed by atoms with van der Waals surface area (Å²) in [6.45, 7) is 2.09. The van der Waals surface area contributed by atoms with Gasteiger partial charge in [-0.05, 0) is 42.8 Å². The quantitative estimate of drug-likeness (QED) is 0.481. The Bertz CT molecular complexity index is 1080. The lowest BCUT2D eigenvalue weighted by molar-refractivity contribution is 0.543. The molecular formula is C18H18F2N6O2S. The van der Waals surface area contributed by atoms with Gasteiger partial charge in [0.1, 0.15) is 28.2 Å². The highest BCUT2D eigenvalue weighted by atomic mass is 32.2. The molecule has 0 saturated heterocycles. The SMILES string of the molecule is Cc1ccc(Nc2ccc(NCCNS(=O)(=O)c3ccc(F)cc3F)nn2)nc1. The maximum atomic E-state index is 13.6. The number of hydrogen-bond donors (Lipinski definition) is 3. The van der Waals surface area contributed by atoms with E-state index in [1.165, 1.54) is 0 Å². The van der Waals surface area contributed by atoms with E-state index in [1.54, 1.807) is 18.3 Å². The van der Waals surface area contributed by atoms with Gasteiger partial charge in [0.2, 0.25) is 10.0 Å². The van der Waals surface area contributed by atoms with Gasteiger partial charge < -0.3 is 10.6 Å². The molecule has 3 aromatic rings. The minimum absolute atomic E-state index is 0.0336. The molecule has 0 saturated carbocycles. The number of anilines is 3. The molecule has 0 unspecified atom stereocenters. The molecule has 2 aromatic heterocycles. The topological polar surface area (TPSA) is 109 Å². The van der Waals surface area contributed by atoms with Crippen LogP contribution in [0.4, 0.5) is 26.2 Å². The predicted octanol–water partition coefficient (Wildman–Crippen LogP) is 2.59. The van der Waals surface area contributed by atoms with Crippen LogP contribution in [0.3, 0.4) is 0 Å². The van der Waals surface area contributed by atoms with E-state index in [2.05, 4.69) is 30.5 Å². The van der Waals surface area contributed by atoms with Crippen molar-refractivity contribution in [2.45, 2.75) is 11.8 Å². The number of benzene rings is 1. The van der Waals surface area contributed by atoms with Crippen molar-refractivity contribution in [2.24, 2.45) is 0 Å². The zero-order chi connectivity index (χ0) is 20.9. The Morgan fingerprint density at radius 2 is 1.66 bits per heavy atom. The minimum Gasteiger partial charge on any atom is -0.367 e. The van der Waals surface area contributed by atoms with Crippen molar-refractivity contribution in [3.63, 3.8) is 0 Å². The number of rotatable bonds is 8. The number of nitrogens with one attached hydrogen (secondary N) is 3. The molecule has 0 aliphatic rings. The Balaban J connectivity index is 1.49. The van der Waals surface area contributed by atoms with Crippen LogP contribution in [0.15, 0.2) is 53.6 Å². The number of pyridine rings is 1. The van der Waals surface area contributed by atoms with Crippen LogP contribution >= 0.6 is 0 Å². The normalized spacial score (nSPS) is 11.3. The standard InChI is InChI=1S/C18H18F2N6O2S/c1-12-2-5-16(22-11-12)24-18-7-6-17(25-26-18)21-8-9-23-29(27,28)15-4-3-13(19)10-14(15)20/h2-7,10-11,23H,8-9H2,1H3,(H,21,25)(H,22,24,26). The first-order valence-electron chi connectivity index (χ1n) is 8.55. The fourth-order valence-corrected chi connectivity index (χ4v) is 3.40. The lowest BCUT2D eigenvalue weighted by Crippen LogP contribution is -2.29. The van der Waals surface area contributed by atoms with Gasteiger partial charge in [-0.2, -0.15) is 0 Å². The third-order valence-corrected chi connectivity index (χ3v) is 5.23. The summed E-state index contributed by atoms with van der Waals surface area (Å²) >= 11 is 0. The number of aromatic nitrogens is 3. The van der Waals surface area contributed by atoms with E-state index in [0.717, 1.165) is 17.7 Å². The molecule has 0 spiro atoms. The maximum Gasteiger partial charge on any atom is 0.243 e. The van der Waals surface area contributed by atoms with Crippen LogP contribution in [0.5, 0.6) is 0 Å². The van der Waals surface area contributed by atoms with E-state index < -0.39 is 26.6 Å². The Kier molecular flexibility index (Phi) is 6.29. The van der Waals surface area contributed by atoms with E-state index >= 15 is 0 Å². The zero-order valence-corrected chi connectivity index (χ0v) is 16.2. The van der Waals surface area contributed by atoms with Gasteiger partial charge >= 0.3 is 0 Å². The van der Waals surface area contributed by atoms with E-state index in [0.29, 0.717) is 23.5 Å². The van der Waals surface area contributed by atoms with Crippen LogP contribution in [0, 0.1) is 18.6 Å². The molecule has 0 atom stereocenters. The first kappa shape index (κ1) is 20.6. The summed E-state index contributed by atoms with van der Waals surface area (Å²) in [5, 5.41) is 13.9. The average Bonchev–Trinajstić information content (AvgIpc) is 2.68. The van der Waals surface area contributed by atoms with E-state index in [9.17, 15) is 17.2 Å². The highest BCUT2D eigenvalue weighted by Crippen LogP contribution is 2.15. The van der Waals surface area contributed by atoms with Crippen LogP contribution < -0.4 is 15.4 Å². The molecule has 3 N–H and O–H groups in total. The summed E-state index contributed by atoms with van der Waals surface area (Å²) in [4.78, 5) is 3.60. The molecule has 2 heterocycles. The van der Waals surface area contributed by atoms with Crippen molar-refractivity contribution in [2.75, 3.05) is 23.7 Å². The largest absolute Gasteiger partial charge is 0.367 e. The maximum absolute atomic E-state index is 13.6. The van der Waals surface area contributed by atoms with Gasteiger partial charge in [0.05, 0.1) is 0 Å². The van der Waals surface area contributed by atoms with Crippen molar-refractivity contribution < 1.29 is 17.2 Å². The smallest absolute Gasteiger partial charge is 0.243 e. The number of sulfonamides is 1. The number of halogens is 2. The third kappa shape index (κ3) is 5.65. The molecule has 1 aromatic carbocycles. The third-order valence-electron chi connectivity index (χ3n) is 3.74. The molecule has 0 aliphatic heterocycles. The predicted molar refractivity (Wildman–Crippen MR) is 104 cm³/mol. The monoisotopic (exact) mass is 420 g/mol. The van der Waals surface area contributed by atoms with E-state index in [1.807, 2.05) is 19.1 Å². The Morgan fingerprint density at radius 1 is 0.931 bits per heavy atom. The van der Waals surface area contributed by atoms with E-state index in [4.69, 9.17) is 0 Å². The molecule has 11 heteroatoms. The summed E-state index contributed by atoms with van der Waals surface area (Å²) in [5.74, 6) is -0.438. The van der Waals surface area contributed by atoms with Gasteiger partial charge in [-0.25, -0.2) is 26.9 Å². The number of aryl methyl sites for hydroxylation is 1. The van der Waals surface area contributed by atoms with Crippen molar-refractivity contribution in [1.29, 1.82) is 0 Å². The molecule has 3 rings (SSSR count). The van der Waals surface area contributed by atoms with Crippen LogP contribution in [-0.4, -0.2) is 36.7 Å². The first-order valence-corrected chi connectivity index (χ1v) is 10.0. The van der Waals surface area contributed by atoms with Gasteiger partial charge in [-0.3, -0.25) is 0 Å². The molecule has 8 nitrogen and oxygen atoms in total. The summed E-state index contributed by atoms with van der Waals surface area (Å²) in [5.41, 5.74) is 1.04. The van der Waals surface area contributed by atoms with Crippen LogP contribution in [0.25, 0.3) is 0 Å². The van der Waals surface area contributed by atoms with Gasteiger partial charge in [-0.15, -0.1) is 10.2 Å². The second kappa shape index (κ2) is 8.88. The fraction of sp³-hybridized carbons (Fsp3) is 0.167. The Hall–Kier alpha value is -3.18. The van der Waals surface area contributed by atoms with Gasteiger partial charge in [-0.1, -0.05) is 6.07 Å². The lowest BCUT2D eigenvalue weighted by Gasteiger charge is -2.09. The number of hydrogen-bond acceptors (Lipinski definition) is 7. The minimum atomic E-state index is -4.09. The molecule has 0 aliphatic carbocycles. The summed E-state index contributed by atoms with van der Waals surface area (Å²) in [7, 11) is -4.09. The van der Waals surface area contributed by atoms with Crippen molar-refractivity contribution >= 4 is 27.5 Å². The van der Waals surface area contributed by atoms with Gasteiger partial charge in [0.15, 0.2) is 5.82 Å². The van der Waals surface area contributed by atoms with Crippen molar-refractivity contribution in [3.8, 4) is 0 Å². The van der Waals surface area contributed by atoms with Crippen molar-refractivity contribution in [1.82, 2.24) is 19.9 Å². The van der Waals surface area contributed by atoms with E-state index in [-0.39, 0.29) is 13.1 Å². The molecule has 0 amide bonds. The summed E-state index contributed by atoms with van der Waals surface area (Å²) in [6.07, 6.45) is 1.73. The molecule has 0 bridgehead atoms. The first-order chi connectivity index (χ1) is 13.8. The van der Waals surface area contributed by atoms with Gasteiger partial charge in [0.25, 0.3) is 0 Å². The van der Waals surface area contributed by atoms with Crippen LogP contribution in [-0.2, 0) is 10.0 Å². The second-order valence-corrected chi connectivity index (χ2v) is 7.78. The highest BCUT2D eigenvalue weighted by Gasteiger charge is 2.18. The van der Waals surface area contributed by atoms with Crippen LogP contribution in [0.2, 0.25) is 0 Å².